The molecule has 0 fully saturated rings. The van der Waals surface area contributed by atoms with E-state index >= 15 is 0 Å². The van der Waals surface area contributed by atoms with Crippen LogP contribution in [0.15, 0.2) is 11.5 Å². The number of ether oxygens (including phenoxy) is 1. The van der Waals surface area contributed by atoms with E-state index in [0.717, 1.165) is 11.8 Å². The minimum Gasteiger partial charge on any atom is -0.449 e. The number of halogens is 1. The van der Waals surface area contributed by atoms with E-state index < -0.39 is 5.97 Å². The Kier molecular flexibility index (Phi) is 7.97. The minimum absolute atomic E-state index is 0.0866. The molecule has 0 atom stereocenters. The van der Waals surface area contributed by atoms with Crippen molar-refractivity contribution in [2.75, 3.05) is 6.61 Å². The van der Waals surface area contributed by atoms with Crippen LogP contribution in [0.4, 0.5) is 0 Å². The summed E-state index contributed by atoms with van der Waals surface area (Å²) in [6.45, 7) is 0.0866. The number of thiocyanates is 1. The van der Waals surface area contributed by atoms with Gasteiger partial charge in [0.25, 0.3) is 0 Å². The number of nitriles is 1. The summed E-state index contributed by atoms with van der Waals surface area (Å²) in [6, 6.07) is 0. The summed E-state index contributed by atoms with van der Waals surface area (Å²) in [5.41, 5.74) is 0. The Labute approximate surface area is 88.3 Å². The molecule has 0 aromatic heterocycles. The van der Waals surface area contributed by atoms with E-state index in [4.69, 9.17) is 5.26 Å². The molecule has 0 spiro atoms. The summed E-state index contributed by atoms with van der Waals surface area (Å²) in [7, 11) is 0. The van der Waals surface area contributed by atoms with Crippen LogP contribution < -0.4 is 0 Å². The number of hydrogen-bond donors (Lipinski definition) is 0. The molecule has 0 amide bonds. The molecule has 0 aromatic carbocycles. The molecule has 0 aromatic rings. The lowest BCUT2D eigenvalue weighted by atomic mass is 10.6. The van der Waals surface area contributed by atoms with Gasteiger partial charge >= 0.3 is 5.97 Å². The molecular weight excluding hydrogens is 289 g/mol. The minimum atomic E-state index is -0.489. The quantitative estimate of drug-likeness (QED) is 0.261. The van der Waals surface area contributed by atoms with Crippen LogP contribution in [0.3, 0.4) is 0 Å². The standard InChI is InChI=1S/C7H4INO2S/c8-3-1-4-11-7(10)2-5-12-6-9/h2,5H,4H2/b5-2-. The summed E-state index contributed by atoms with van der Waals surface area (Å²) in [4.78, 5) is 10.7. The Morgan fingerprint density at radius 1 is 1.75 bits per heavy atom. The van der Waals surface area contributed by atoms with Crippen molar-refractivity contribution in [3.63, 3.8) is 0 Å². The van der Waals surface area contributed by atoms with E-state index in [9.17, 15) is 4.79 Å². The summed E-state index contributed by atoms with van der Waals surface area (Å²) >= 11 is 2.71. The number of carbonyl (C=O) groups excluding carboxylic acids is 1. The van der Waals surface area contributed by atoms with Crippen LogP contribution in [0.1, 0.15) is 0 Å². The molecule has 0 rings (SSSR count). The fourth-order valence-corrected chi connectivity index (χ4v) is 0.698. The lowest BCUT2D eigenvalue weighted by Gasteiger charge is -1.91. The van der Waals surface area contributed by atoms with Crippen LogP contribution >= 0.6 is 34.4 Å². The van der Waals surface area contributed by atoms with E-state index in [2.05, 4.69) is 14.6 Å². The first-order chi connectivity index (χ1) is 5.81. The van der Waals surface area contributed by atoms with Gasteiger partial charge in [-0.1, -0.05) is 5.92 Å². The van der Waals surface area contributed by atoms with Crippen molar-refractivity contribution >= 4 is 40.3 Å². The third-order valence-electron chi connectivity index (χ3n) is 0.678. The molecule has 0 saturated carbocycles. The molecule has 0 bridgehead atoms. The monoisotopic (exact) mass is 293 g/mol. The van der Waals surface area contributed by atoms with E-state index in [1.54, 1.807) is 5.40 Å². The molecule has 0 unspecified atom stereocenters. The molecule has 0 N–H and O–H groups in total. The average Bonchev–Trinajstić information content (AvgIpc) is 2.06. The van der Waals surface area contributed by atoms with Crippen molar-refractivity contribution in [1.29, 1.82) is 5.26 Å². The zero-order valence-corrected chi connectivity index (χ0v) is 8.89. The summed E-state index contributed by atoms with van der Waals surface area (Å²) in [6.07, 6.45) is 1.18. The number of hydrogen-bond acceptors (Lipinski definition) is 4. The molecule has 5 heteroatoms. The van der Waals surface area contributed by atoms with Gasteiger partial charge in [0.15, 0.2) is 6.61 Å². The van der Waals surface area contributed by atoms with Crippen molar-refractivity contribution in [2.45, 2.75) is 0 Å². The Hall–Kier alpha value is -0.660. The number of rotatable bonds is 3. The third-order valence-corrected chi connectivity index (χ3v) is 1.44. The lowest BCUT2D eigenvalue weighted by Crippen LogP contribution is -1.99. The molecule has 0 heterocycles. The molecule has 12 heavy (non-hydrogen) atoms. The number of thioether (sulfide) groups is 1. The molecular formula is C7H4INO2S. The zero-order chi connectivity index (χ0) is 9.23. The first kappa shape index (κ1) is 11.3. The Balaban J connectivity index is 3.58. The molecule has 0 aliphatic rings. The smallest absolute Gasteiger partial charge is 0.332 e. The topological polar surface area (TPSA) is 50.1 Å². The largest absolute Gasteiger partial charge is 0.449 e. The van der Waals surface area contributed by atoms with Crippen molar-refractivity contribution in [3.8, 4) is 15.2 Å². The second-order valence-corrected chi connectivity index (χ2v) is 2.62. The fraction of sp³-hybridized carbons (Fsp3) is 0.143. The van der Waals surface area contributed by atoms with Gasteiger partial charge in [0, 0.05) is 28.7 Å². The van der Waals surface area contributed by atoms with Gasteiger partial charge < -0.3 is 4.74 Å². The summed E-state index contributed by atoms with van der Waals surface area (Å²) in [5, 5.41) is 11.2. The Morgan fingerprint density at radius 2 is 2.50 bits per heavy atom. The van der Waals surface area contributed by atoms with Crippen LogP contribution in [0.5, 0.6) is 0 Å². The van der Waals surface area contributed by atoms with E-state index in [-0.39, 0.29) is 6.61 Å². The zero-order valence-electron chi connectivity index (χ0n) is 5.91. The van der Waals surface area contributed by atoms with Gasteiger partial charge in [-0.25, -0.2) is 4.79 Å². The van der Waals surface area contributed by atoms with Gasteiger partial charge in [-0.3, -0.25) is 0 Å². The predicted molar refractivity (Wildman–Crippen MR) is 55.1 cm³/mol. The van der Waals surface area contributed by atoms with Crippen LogP contribution in [-0.4, -0.2) is 12.6 Å². The summed E-state index contributed by atoms with van der Waals surface area (Å²) in [5.74, 6) is 2.07. The molecule has 0 radical (unpaired) electrons. The van der Waals surface area contributed by atoms with Gasteiger partial charge in [-0.05, 0) is 21.1 Å². The van der Waals surface area contributed by atoms with Gasteiger partial charge in [0.1, 0.15) is 5.40 Å². The maximum atomic E-state index is 10.7. The molecule has 0 aliphatic carbocycles. The highest BCUT2D eigenvalue weighted by Gasteiger charge is 1.92. The normalized spacial score (nSPS) is 8.33. The van der Waals surface area contributed by atoms with Crippen molar-refractivity contribution in [2.24, 2.45) is 0 Å². The maximum Gasteiger partial charge on any atom is 0.332 e. The molecule has 0 saturated heterocycles. The Morgan fingerprint density at radius 3 is 3.08 bits per heavy atom. The highest BCUT2D eigenvalue weighted by atomic mass is 127. The molecule has 62 valence electrons. The van der Waals surface area contributed by atoms with Crippen LogP contribution in [-0.2, 0) is 9.53 Å². The first-order valence-corrected chi connectivity index (χ1v) is 4.73. The van der Waals surface area contributed by atoms with Crippen LogP contribution in [0, 0.1) is 20.5 Å². The van der Waals surface area contributed by atoms with Gasteiger partial charge in [0.05, 0.1) is 0 Å². The lowest BCUT2D eigenvalue weighted by molar-refractivity contribution is -0.136. The Bertz CT molecular complexity index is 271. The highest BCUT2D eigenvalue weighted by Crippen LogP contribution is 1.97. The highest BCUT2D eigenvalue weighted by molar-refractivity contribution is 14.1. The van der Waals surface area contributed by atoms with E-state index in [1.807, 2.05) is 22.6 Å². The van der Waals surface area contributed by atoms with Crippen LogP contribution in [0.2, 0.25) is 0 Å². The van der Waals surface area contributed by atoms with Crippen molar-refractivity contribution in [3.05, 3.63) is 11.5 Å². The second-order valence-electron chi connectivity index (χ2n) is 1.39. The van der Waals surface area contributed by atoms with Crippen molar-refractivity contribution < 1.29 is 9.53 Å². The number of nitrogens with zero attached hydrogens (tertiary/aromatic N) is 1. The summed E-state index contributed by atoms with van der Waals surface area (Å²) < 4.78 is 7.15. The maximum absolute atomic E-state index is 10.7. The van der Waals surface area contributed by atoms with Crippen LogP contribution in [0.25, 0.3) is 0 Å². The molecule has 3 nitrogen and oxygen atoms in total. The average molecular weight is 293 g/mol. The van der Waals surface area contributed by atoms with E-state index in [0.29, 0.717) is 0 Å². The van der Waals surface area contributed by atoms with E-state index in [1.165, 1.54) is 11.5 Å². The number of carbonyl (C=O) groups is 1. The van der Waals surface area contributed by atoms with Gasteiger partial charge in [-0.15, -0.1) is 0 Å². The first-order valence-electron chi connectivity index (χ1n) is 2.77. The SMILES string of the molecule is N#CS/C=C\C(=O)OCC#CI. The van der Waals surface area contributed by atoms with Gasteiger partial charge in [-0.2, -0.15) is 5.26 Å². The number of esters is 1. The fourth-order valence-electron chi connectivity index (χ4n) is 0.303. The third kappa shape index (κ3) is 7.45. The molecule has 0 aliphatic heterocycles. The van der Waals surface area contributed by atoms with Crippen molar-refractivity contribution in [1.82, 2.24) is 0 Å². The second kappa shape index (κ2) is 8.44. The predicted octanol–water partition coefficient (Wildman–Crippen LogP) is 1.65. The van der Waals surface area contributed by atoms with Gasteiger partial charge in [0.2, 0.25) is 0 Å².